The van der Waals surface area contributed by atoms with Gasteiger partial charge < -0.3 is 0 Å². The zero-order chi connectivity index (χ0) is 29.4. The van der Waals surface area contributed by atoms with Crippen LogP contribution in [-0.4, -0.2) is 16.1 Å². The molecule has 1 aromatic carbocycles. The second-order valence-corrected chi connectivity index (χ2v) is 7.34. The topological polar surface area (TPSA) is 25.8 Å². The average molecular weight is 559 g/mol. The fourth-order valence-electron chi connectivity index (χ4n) is 1.91. The summed E-state index contributed by atoms with van der Waals surface area (Å²) in [4.78, 5) is 6.75. The molecule has 0 aliphatic heterocycles. The monoisotopic (exact) mass is 558 g/mol. The predicted octanol–water partition coefficient (Wildman–Crippen LogP) is 10.4. The van der Waals surface area contributed by atoms with Gasteiger partial charge in [-0.3, -0.25) is 9.97 Å². The van der Waals surface area contributed by atoms with E-state index in [1.54, 1.807) is 13.8 Å². The fraction of sp³-hybridized carbons (Fsp3) is 0.407. The van der Waals surface area contributed by atoms with Crippen molar-refractivity contribution in [3.8, 4) is 0 Å². The molecule has 2 aromatic heterocycles. The Morgan fingerprint density at radius 1 is 0.526 bits per heavy atom. The summed E-state index contributed by atoms with van der Waals surface area (Å²) in [5, 5.41) is 0. The maximum absolute atomic E-state index is 11.9. The van der Waals surface area contributed by atoms with Crippen LogP contribution in [-0.2, 0) is 12.4 Å². The molecule has 0 spiro atoms. The van der Waals surface area contributed by atoms with Gasteiger partial charge in [-0.25, -0.2) is 0 Å². The summed E-state index contributed by atoms with van der Waals surface area (Å²) in [5.74, 6) is 0. The molecule has 0 atom stereocenters. The van der Waals surface area contributed by atoms with Crippen molar-refractivity contribution in [3.63, 3.8) is 0 Å². The van der Waals surface area contributed by atoms with E-state index in [1.807, 2.05) is 13.8 Å². The van der Waals surface area contributed by atoms with E-state index in [-0.39, 0.29) is 14.4 Å². The van der Waals surface area contributed by atoms with Gasteiger partial charge in [-0.1, -0.05) is 62.7 Å². The van der Waals surface area contributed by atoms with Crippen LogP contribution in [0, 0.1) is 27.7 Å². The summed E-state index contributed by atoms with van der Waals surface area (Å²) >= 11 is 0. The number of alkyl halides is 9. The Labute approximate surface area is 219 Å². The van der Waals surface area contributed by atoms with Gasteiger partial charge in [-0.2, -0.15) is 39.5 Å². The lowest BCUT2D eigenvalue weighted by atomic mass is 10.2. The summed E-state index contributed by atoms with van der Waals surface area (Å²) in [6.45, 7) is 11.7. The Hall–Kier alpha value is -3.11. The maximum Gasteiger partial charge on any atom is 0.433 e. The van der Waals surface area contributed by atoms with Crippen LogP contribution in [0.1, 0.15) is 61.8 Å². The van der Waals surface area contributed by atoms with E-state index in [2.05, 4.69) is 48.1 Å². The fourth-order valence-corrected chi connectivity index (χ4v) is 1.91. The molecule has 0 unspecified atom stereocenters. The SMILES string of the molecule is C.CC.CC(F)(F)F.Cc1ccc(C(F)(F)F)cn1.Cc1ccc(C(F)(F)F)nc1.Cc1ccc(C)cc1. The van der Waals surface area contributed by atoms with E-state index < -0.39 is 29.8 Å². The standard InChI is InChI=1S/C8H10.2C7H6F3N.C2H3F3.C2H6.CH4/c1-7-3-5-8(2)6-4-7;1-5-2-3-6(4-11-5)7(8,9)10;1-5-2-3-6(11-4-5)7(8,9)10;1-2(3,4)5;1-2;/h3-6H,1-2H3;2*2-4H,1H3;1H3;1-2H3;1H4. The summed E-state index contributed by atoms with van der Waals surface area (Å²) in [6.07, 6.45) is -10.6. The first-order valence-corrected chi connectivity index (χ1v) is 10.9. The summed E-state index contributed by atoms with van der Waals surface area (Å²) in [5.41, 5.74) is 2.41. The third-order valence-electron chi connectivity index (χ3n) is 3.66. The normalized spacial score (nSPS) is 10.4. The number of pyridine rings is 2. The van der Waals surface area contributed by atoms with E-state index in [4.69, 9.17) is 0 Å². The largest absolute Gasteiger partial charge is 0.433 e. The summed E-state index contributed by atoms with van der Waals surface area (Å²) in [6, 6.07) is 13.2. The molecule has 0 bridgehead atoms. The Bertz CT molecular complexity index is 892. The molecule has 0 saturated carbocycles. The van der Waals surface area contributed by atoms with Gasteiger partial charge in [0.05, 0.1) is 5.56 Å². The second kappa shape index (κ2) is 18.2. The van der Waals surface area contributed by atoms with E-state index >= 15 is 0 Å². The molecule has 3 aromatic rings. The Morgan fingerprint density at radius 3 is 1.18 bits per heavy atom. The molecule has 2 heterocycles. The number of aromatic nitrogens is 2. The molecule has 216 valence electrons. The van der Waals surface area contributed by atoms with Gasteiger partial charge in [-0.15, -0.1) is 0 Å². The number of halogens is 9. The first-order chi connectivity index (χ1) is 16.8. The highest BCUT2D eigenvalue weighted by atomic mass is 19.4. The number of hydrogen-bond acceptors (Lipinski definition) is 2. The minimum atomic E-state index is -4.33. The van der Waals surface area contributed by atoms with Crippen LogP contribution in [0.25, 0.3) is 0 Å². The van der Waals surface area contributed by atoms with Crippen molar-refractivity contribution in [2.24, 2.45) is 0 Å². The van der Waals surface area contributed by atoms with Crippen LogP contribution < -0.4 is 0 Å². The molecule has 0 N–H and O–H groups in total. The lowest BCUT2D eigenvalue weighted by Gasteiger charge is -2.04. The van der Waals surface area contributed by atoms with Crippen molar-refractivity contribution in [1.29, 1.82) is 0 Å². The molecule has 0 amide bonds. The van der Waals surface area contributed by atoms with Gasteiger partial charge in [-0.05, 0) is 51.5 Å². The second-order valence-electron chi connectivity index (χ2n) is 7.34. The minimum Gasteiger partial charge on any atom is -0.261 e. The van der Waals surface area contributed by atoms with Crippen LogP contribution in [0.15, 0.2) is 60.9 Å². The minimum absolute atomic E-state index is 0. The van der Waals surface area contributed by atoms with E-state index in [0.717, 1.165) is 23.9 Å². The summed E-state index contributed by atoms with van der Waals surface area (Å²) in [7, 11) is 0. The molecule has 0 saturated heterocycles. The number of rotatable bonds is 0. The Balaban J connectivity index is -0.000000431. The Morgan fingerprint density at radius 2 is 0.921 bits per heavy atom. The zero-order valence-corrected chi connectivity index (χ0v) is 21.6. The van der Waals surface area contributed by atoms with Crippen LogP contribution in [0.3, 0.4) is 0 Å². The molecule has 0 aliphatic rings. The van der Waals surface area contributed by atoms with Gasteiger partial charge in [0.25, 0.3) is 0 Å². The number of hydrogen-bond donors (Lipinski definition) is 0. The maximum atomic E-state index is 11.9. The van der Waals surface area contributed by atoms with Crippen molar-refractivity contribution < 1.29 is 39.5 Å². The lowest BCUT2D eigenvalue weighted by Crippen LogP contribution is -2.07. The van der Waals surface area contributed by atoms with Crippen LogP contribution in [0.2, 0.25) is 0 Å². The van der Waals surface area contributed by atoms with E-state index in [0.29, 0.717) is 5.69 Å². The van der Waals surface area contributed by atoms with Gasteiger partial charge in [0.1, 0.15) is 5.69 Å². The predicted molar refractivity (Wildman–Crippen MR) is 134 cm³/mol. The van der Waals surface area contributed by atoms with Crippen LogP contribution in [0.5, 0.6) is 0 Å². The van der Waals surface area contributed by atoms with E-state index in [9.17, 15) is 39.5 Å². The van der Waals surface area contributed by atoms with Crippen molar-refractivity contribution in [2.45, 2.75) is 74.4 Å². The molecule has 0 aliphatic carbocycles. The van der Waals surface area contributed by atoms with Crippen molar-refractivity contribution in [3.05, 3.63) is 94.6 Å². The van der Waals surface area contributed by atoms with Crippen molar-refractivity contribution in [2.75, 3.05) is 0 Å². The van der Waals surface area contributed by atoms with Crippen molar-refractivity contribution >= 4 is 0 Å². The van der Waals surface area contributed by atoms with Crippen LogP contribution >= 0.6 is 0 Å². The number of aryl methyl sites for hydroxylation is 4. The van der Waals surface area contributed by atoms with Gasteiger partial charge in [0.15, 0.2) is 0 Å². The molecule has 2 nitrogen and oxygen atoms in total. The molecule has 0 radical (unpaired) electrons. The zero-order valence-electron chi connectivity index (χ0n) is 21.6. The summed E-state index contributed by atoms with van der Waals surface area (Å²) < 4.78 is 102. The lowest BCUT2D eigenvalue weighted by molar-refractivity contribution is -0.141. The van der Waals surface area contributed by atoms with E-state index in [1.165, 1.54) is 29.5 Å². The highest BCUT2D eigenvalue weighted by Gasteiger charge is 2.32. The number of benzene rings is 1. The first-order valence-electron chi connectivity index (χ1n) is 10.9. The first kappa shape index (κ1) is 39.4. The molecule has 3 rings (SSSR count). The molecule has 0 fully saturated rings. The van der Waals surface area contributed by atoms with Gasteiger partial charge in [0, 0.05) is 25.0 Å². The number of nitrogens with zero attached hydrogens (tertiary/aromatic N) is 2. The quantitative estimate of drug-likeness (QED) is 0.257. The highest BCUT2D eigenvalue weighted by molar-refractivity contribution is 5.19. The van der Waals surface area contributed by atoms with Gasteiger partial charge in [0.2, 0.25) is 0 Å². The molecular weight excluding hydrogens is 523 g/mol. The highest BCUT2D eigenvalue weighted by Crippen LogP contribution is 2.28. The average Bonchev–Trinajstić information content (AvgIpc) is 2.76. The molecule has 11 heteroatoms. The van der Waals surface area contributed by atoms with Gasteiger partial charge >= 0.3 is 18.5 Å². The van der Waals surface area contributed by atoms with Crippen molar-refractivity contribution in [1.82, 2.24) is 9.97 Å². The third kappa shape index (κ3) is 22.1. The third-order valence-corrected chi connectivity index (χ3v) is 3.66. The molecule has 38 heavy (non-hydrogen) atoms. The Kier molecular flexibility index (Phi) is 18.9. The molecular formula is C27H35F9N2. The smallest absolute Gasteiger partial charge is 0.261 e. The van der Waals surface area contributed by atoms with Crippen LogP contribution in [0.4, 0.5) is 39.5 Å².